The predicted molar refractivity (Wildman–Crippen MR) is 34.5 cm³/mol. The number of rotatable bonds is 2. The molecule has 0 spiro atoms. The van der Waals surface area contributed by atoms with Gasteiger partial charge >= 0.3 is 0 Å². The molecule has 1 saturated carbocycles. The molecule has 1 aliphatic rings. The van der Waals surface area contributed by atoms with E-state index in [0.717, 1.165) is 19.1 Å². The van der Waals surface area contributed by atoms with Crippen LogP contribution in [0.5, 0.6) is 0 Å². The van der Waals surface area contributed by atoms with Crippen molar-refractivity contribution in [2.75, 3.05) is 6.26 Å². The summed E-state index contributed by atoms with van der Waals surface area (Å²) in [4.78, 5) is 0. The summed E-state index contributed by atoms with van der Waals surface area (Å²) >= 11 is 0. The molecule has 1 fully saturated rings. The third kappa shape index (κ3) is 1.66. The van der Waals surface area contributed by atoms with Crippen molar-refractivity contribution in [3.05, 3.63) is 0 Å². The zero-order chi connectivity index (χ0) is 7.07. The second kappa shape index (κ2) is 1.95. The van der Waals surface area contributed by atoms with E-state index in [-0.39, 0.29) is 5.92 Å². The zero-order valence-corrected chi connectivity index (χ0v) is 6.11. The van der Waals surface area contributed by atoms with E-state index in [2.05, 4.69) is 0 Å². The fourth-order valence-corrected chi connectivity index (χ4v) is 1.72. The van der Waals surface area contributed by atoms with Crippen LogP contribution in [0.3, 0.4) is 0 Å². The van der Waals surface area contributed by atoms with E-state index in [4.69, 9.17) is 5.73 Å². The fourth-order valence-electron chi connectivity index (χ4n) is 0.749. The zero-order valence-electron chi connectivity index (χ0n) is 5.29. The van der Waals surface area contributed by atoms with Crippen LogP contribution < -0.4 is 5.73 Å². The Balaban J connectivity index is 2.61. The van der Waals surface area contributed by atoms with Crippen LogP contribution in [0.4, 0.5) is 0 Å². The molecule has 1 unspecified atom stereocenters. The summed E-state index contributed by atoms with van der Waals surface area (Å²) in [5, 5.41) is -0.850. The summed E-state index contributed by atoms with van der Waals surface area (Å²) in [6.45, 7) is 0. The largest absolute Gasteiger partial charge is 0.238 e. The summed E-state index contributed by atoms with van der Waals surface area (Å²) in [5.74, 6) is 0.139. The van der Waals surface area contributed by atoms with Crippen LogP contribution in [0.15, 0.2) is 0 Å². The molecule has 9 heavy (non-hydrogen) atoms. The van der Waals surface area contributed by atoms with Gasteiger partial charge in [-0.3, -0.25) is 0 Å². The summed E-state index contributed by atoms with van der Waals surface area (Å²) < 4.78 is 21.3. The monoisotopic (exact) mass is 148 g/mol. The summed E-state index contributed by atoms with van der Waals surface area (Å²) in [7, 11) is -3.07. The van der Waals surface area contributed by atoms with E-state index in [1.54, 1.807) is 0 Å². The van der Waals surface area contributed by atoms with Crippen LogP contribution in [-0.2, 0) is 9.84 Å². The molecule has 0 aliphatic heterocycles. The number of sulfone groups is 1. The molecular formula is C5H10NO2S. The van der Waals surface area contributed by atoms with E-state index < -0.39 is 15.2 Å². The van der Waals surface area contributed by atoms with Gasteiger partial charge in [-0.25, -0.2) is 14.2 Å². The molecule has 1 aliphatic carbocycles. The van der Waals surface area contributed by atoms with Crippen molar-refractivity contribution >= 4 is 9.84 Å². The molecule has 0 aromatic heterocycles. The molecule has 0 amide bonds. The smallest absolute Gasteiger partial charge is 0.164 e. The van der Waals surface area contributed by atoms with Gasteiger partial charge in [-0.1, -0.05) is 0 Å². The minimum Gasteiger partial charge on any atom is -0.238 e. The van der Waals surface area contributed by atoms with Gasteiger partial charge in [-0.15, -0.1) is 0 Å². The molecule has 0 saturated heterocycles. The minimum atomic E-state index is -3.07. The first-order chi connectivity index (χ1) is 4.02. The molecule has 3 nitrogen and oxygen atoms in total. The lowest BCUT2D eigenvalue weighted by Crippen LogP contribution is -2.22. The standard InChI is InChI=1S/C5H10NO2S/c1-9(7,8)5(6)4-2-3-4/h4-6H,2-3H2,1H3. The fraction of sp³-hybridized carbons (Fsp3) is 1.00. The topological polar surface area (TPSA) is 57.9 Å². The van der Waals surface area contributed by atoms with Crippen LogP contribution in [0, 0.1) is 5.92 Å². The van der Waals surface area contributed by atoms with Crippen LogP contribution in [0.25, 0.3) is 0 Å². The third-order valence-corrected chi connectivity index (χ3v) is 2.82. The summed E-state index contributed by atoms with van der Waals surface area (Å²) in [5.41, 5.74) is 7.15. The average molecular weight is 148 g/mol. The molecule has 1 radical (unpaired) electrons. The molecule has 1 rings (SSSR count). The van der Waals surface area contributed by atoms with Crippen molar-refractivity contribution in [3.63, 3.8) is 0 Å². The Labute approximate surface area is 55.2 Å². The third-order valence-electron chi connectivity index (χ3n) is 1.51. The van der Waals surface area contributed by atoms with Gasteiger partial charge in [0.2, 0.25) is 0 Å². The van der Waals surface area contributed by atoms with E-state index >= 15 is 0 Å². The molecule has 53 valence electrons. The summed E-state index contributed by atoms with van der Waals surface area (Å²) in [6, 6.07) is 0. The highest BCUT2D eigenvalue weighted by Crippen LogP contribution is 2.33. The van der Waals surface area contributed by atoms with Gasteiger partial charge in [0.05, 0.1) is 0 Å². The molecular weight excluding hydrogens is 138 g/mol. The van der Waals surface area contributed by atoms with Crippen LogP contribution >= 0.6 is 0 Å². The van der Waals surface area contributed by atoms with Crippen molar-refractivity contribution < 1.29 is 8.42 Å². The molecule has 1 atom stereocenters. The molecule has 0 aromatic rings. The maximum Gasteiger partial charge on any atom is 0.164 e. The first-order valence-corrected chi connectivity index (χ1v) is 4.87. The van der Waals surface area contributed by atoms with Crippen LogP contribution in [-0.4, -0.2) is 20.0 Å². The van der Waals surface area contributed by atoms with Crippen molar-refractivity contribution in [1.82, 2.24) is 5.73 Å². The Morgan fingerprint density at radius 1 is 1.56 bits per heavy atom. The molecule has 4 heteroatoms. The van der Waals surface area contributed by atoms with Crippen molar-refractivity contribution in [2.45, 2.75) is 18.2 Å². The van der Waals surface area contributed by atoms with Crippen molar-refractivity contribution in [3.8, 4) is 0 Å². The van der Waals surface area contributed by atoms with E-state index in [1.165, 1.54) is 0 Å². The lowest BCUT2D eigenvalue weighted by atomic mass is 10.4. The van der Waals surface area contributed by atoms with E-state index in [0.29, 0.717) is 0 Å². The first-order valence-electron chi connectivity index (χ1n) is 2.92. The Hall–Kier alpha value is -0.0900. The SMILES string of the molecule is CS(=O)(=O)C([NH])C1CC1. The second-order valence-electron chi connectivity index (χ2n) is 2.59. The molecule has 0 heterocycles. The summed E-state index contributed by atoms with van der Waals surface area (Å²) in [6.07, 6.45) is 2.96. The van der Waals surface area contributed by atoms with Gasteiger partial charge in [0.25, 0.3) is 0 Å². The lowest BCUT2D eigenvalue weighted by molar-refractivity contribution is 0.572. The van der Waals surface area contributed by atoms with Gasteiger partial charge in [0, 0.05) is 6.26 Å². The van der Waals surface area contributed by atoms with E-state index in [1.807, 2.05) is 0 Å². The minimum absolute atomic E-state index is 0.139. The van der Waals surface area contributed by atoms with Crippen LogP contribution in [0.2, 0.25) is 0 Å². The van der Waals surface area contributed by atoms with E-state index in [9.17, 15) is 8.42 Å². The normalized spacial score (nSPS) is 23.8. The maximum absolute atomic E-state index is 10.6. The second-order valence-corrected chi connectivity index (χ2v) is 4.75. The number of hydrogen-bond donors (Lipinski definition) is 0. The number of nitrogens with one attached hydrogen (secondary N) is 1. The predicted octanol–water partition coefficient (Wildman–Crippen LogP) is 0.0500. The van der Waals surface area contributed by atoms with Crippen molar-refractivity contribution in [2.24, 2.45) is 5.92 Å². The molecule has 0 bridgehead atoms. The first kappa shape index (κ1) is 7.02. The lowest BCUT2D eigenvalue weighted by Gasteiger charge is -2.03. The van der Waals surface area contributed by atoms with Crippen molar-refractivity contribution in [1.29, 1.82) is 0 Å². The van der Waals surface area contributed by atoms with Gasteiger partial charge in [0.15, 0.2) is 9.84 Å². The Morgan fingerprint density at radius 3 is 2.11 bits per heavy atom. The Morgan fingerprint density at radius 2 is 2.00 bits per heavy atom. The quantitative estimate of drug-likeness (QED) is 0.555. The van der Waals surface area contributed by atoms with Gasteiger partial charge in [0.1, 0.15) is 5.37 Å². The van der Waals surface area contributed by atoms with Gasteiger partial charge in [-0.2, -0.15) is 0 Å². The van der Waals surface area contributed by atoms with Crippen LogP contribution in [0.1, 0.15) is 12.8 Å². The molecule has 0 aromatic carbocycles. The average Bonchev–Trinajstić information content (AvgIpc) is 2.40. The highest BCUT2D eigenvalue weighted by molar-refractivity contribution is 7.91. The highest BCUT2D eigenvalue weighted by Gasteiger charge is 2.35. The highest BCUT2D eigenvalue weighted by atomic mass is 32.2. The Bertz CT molecular complexity index is 193. The maximum atomic E-state index is 10.6. The van der Waals surface area contributed by atoms with Gasteiger partial charge in [-0.05, 0) is 18.8 Å². The van der Waals surface area contributed by atoms with Gasteiger partial charge < -0.3 is 0 Å². The number of hydrogen-bond acceptors (Lipinski definition) is 2. The molecule has 1 N–H and O–H groups in total. The Kier molecular flexibility index (Phi) is 1.52.